The highest BCUT2D eigenvalue weighted by molar-refractivity contribution is 4.52. The predicted molar refractivity (Wildman–Crippen MR) is 115 cm³/mol. The van der Waals surface area contributed by atoms with E-state index in [4.69, 9.17) is 29.9 Å². The van der Waals surface area contributed by atoms with Crippen LogP contribution in [0.5, 0.6) is 0 Å². The molecule has 6 heteroatoms. The molecule has 2 unspecified atom stereocenters. The number of rotatable bonds is 20. The summed E-state index contributed by atoms with van der Waals surface area (Å²) in [5.41, 5.74) is 0. The van der Waals surface area contributed by atoms with E-state index in [2.05, 4.69) is 13.8 Å². The molecule has 0 aromatic carbocycles. The van der Waals surface area contributed by atoms with Gasteiger partial charge in [-0.15, -0.1) is 0 Å². The first-order chi connectivity index (χ1) is 13.6. The van der Waals surface area contributed by atoms with E-state index in [9.17, 15) is 0 Å². The highest BCUT2D eigenvalue weighted by Crippen LogP contribution is 2.07. The smallest absolute Gasteiger partial charge is 0.100 e. The first kappa shape index (κ1) is 30.0. The molecular formula is C22H48O6. The van der Waals surface area contributed by atoms with Crippen LogP contribution in [0, 0.1) is 0 Å². The van der Waals surface area contributed by atoms with Gasteiger partial charge in [-0.05, 0) is 12.8 Å². The van der Waals surface area contributed by atoms with Gasteiger partial charge in [-0.25, -0.2) is 0 Å². The minimum Gasteiger partial charge on any atom is -0.394 e. The molecule has 0 spiro atoms. The van der Waals surface area contributed by atoms with Crippen LogP contribution in [0.25, 0.3) is 0 Å². The Morgan fingerprint density at radius 3 is 1.25 bits per heavy atom. The molecule has 4 N–H and O–H groups in total. The first-order valence-electron chi connectivity index (χ1n) is 11.4. The Kier molecular flexibility index (Phi) is 28.6. The predicted octanol–water partition coefficient (Wildman–Crippen LogP) is 3.43. The van der Waals surface area contributed by atoms with Crippen LogP contribution < -0.4 is 0 Å². The maximum absolute atomic E-state index is 8.72. The van der Waals surface area contributed by atoms with Crippen molar-refractivity contribution >= 4 is 0 Å². The second kappa shape index (κ2) is 26.8. The summed E-state index contributed by atoms with van der Waals surface area (Å²) in [6.45, 7) is 5.71. The Labute approximate surface area is 173 Å². The Morgan fingerprint density at radius 1 is 0.536 bits per heavy atom. The lowest BCUT2D eigenvalue weighted by Gasteiger charge is -2.10. The van der Waals surface area contributed by atoms with E-state index in [-0.39, 0.29) is 26.4 Å². The SMILES string of the molecule is CCCCCCCCOCCCCCCCC.OCC(O)COCC(O)CO. The van der Waals surface area contributed by atoms with Crippen LogP contribution in [0.2, 0.25) is 0 Å². The maximum Gasteiger partial charge on any atom is 0.100 e. The molecule has 0 rings (SSSR count). The van der Waals surface area contributed by atoms with Crippen LogP contribution in [0.4, 0.5) is 0 Å². The zero-order valence-corrected chi connectivity index (χ0v) is 18.5. The molecule has 0 bridgehead atoms. The van der Waals surface area contributed by atoms with Gasteiger partial charge in [0, 0.05) is 13.2 Å². The molecule has 0 aliphatic carbocycles. The topological polar surface area (TPSA) is 99.4 Å². The molecule has 0 fully saturated rings. The number of hydrogen-bond donors (Lipinski definition) is 4. The van der Waals surface area contributed by atoms with Crippen LogP contribution in [0.15, 0.2) is 0 Å². The molecule has 0 aliphatic rings. The Hall–Kier alpha value is -0.240. The minimum absolute atomic E-state index is 0.0342. The molecule has 0 heterocycles. The van der Waals surface area contributed by atoms with Gasteiger partial charge in [-0.2, -0.15) is 0 Å². The third-order valence-electron chi connectivity index (χ3n) is 4.33. The van der Waals surface area contributed by atoms with Crippen molar-refractivity contribution in [2.24, 2.45) is 0 Å². The summed E-state index contributed by atoms with van der Waals surface area (Å²) in [7, 11) is 0. The number of hydrogen-bond acceptors (Lipinski definition) is 6. The number of aliphatic hydroxyl groups excluding tert-OH is 4. The van der Waals surface area contributed by atoms with Gasteiger partial charge in [0.25, 0.3) is 0 Å². The summed E-state index contributed by atoms with van der Waals surface area (Å²) >= 11 is 0. The summed E-state index contributed by atoms with van der Waals surface area (Å²) in [6, 6.07) is 0. The fourth-order valence-corrected chi connectivity index (χ4v) is 2.52. The normalized spacial score (nSPS) is 13.1. The summed E-state index contributed by atoms with van der Waals surface area (Å²) in [6.07, 6.45) is 14.5. The molecule has 0 aromatic heterocycles. The van der Waals surface area contributed by atoms with Crippen LogP contribution >= 0.6 is 0 Å². The van der Waals surface area contributed by atoms with Crippen molar-refractivity contribution in [1.82, 2.24) is 0 Å². The van der Waals surface area contributed by atoms with Crippen LogP contribution in [-0.4, -0.2) is 72.3 Å². The molecule has 0 amide bonds. The highest BCUT2D eigenvalue weighted by Gasteiger charge is 2.05. The van der Waals surface area contributed by atoms with E-state index in [1.54, 1.807) is 0 Å². The molecule has 0 radical (unpaired) electrons. The fraction of sp³-hybridized carbons (Fsp3) is 1.00. The van der Waals surface area contributed by atoms with E-state index in [1.807, 2.05) is 0 Å². The van der Waals surface area contributed by atoms with Crippen molar-refractivity contribution in [1.29, 1.82) is 0 Å². The second-order valence-electron chi connectivity index (χ2n) is 7.36. The van der Waals surface area contributed by atoms with Gasteiger partial charge in [-0.3, -0.25) is 0 Å². The van der Waals surface area contributed by atoms with Gasteiger partial charge < -0.3 is 29.9 Å². The van der Waals surface area contributed by atoms with Crippen molar-refractivity contribution < 1.29 is 29.9 Å². The minimum atomic E-state index is -0.916. The molecule has 0 saturated carbocycles. The number of unbranched alkanes of at least 4 members (excludes halogenated alkanes) is 10. The van der Waals surface area contributed by atoms with Gasteiger partial charge in [0.05, 0.1) is 26.4 Å². The Balaban J connectivity index is 0. The average molecular weight is 409 g/mol. The second-order valence-corrected chi connectivity index (χ2v) is 7.36. The van der Waals surface area contributed by atoms with E-state index >= 15 is 0 Å². The summed E-state index contributed by atoms with van der Waals surface area (Å²) < 4.78 is 10.4. The molecule has 172 valence electrons. The first-order valence-corrected chi connectivity index (χ1v) is 11.4. The molecule has 6 nitrogen and oxygen atoms in total. The van der Waals surface area contributed by atoms with E-state index in [0.29, 0.717) is 0 Å². The molecule has 0 aromatic rings. The van der Waals surface area contributed by atoms with Crippen LogP contribution in [-0.2, 0) is 9.47 Å². The zero-order valence-electron chi connectivity index (χ0n) is 18.5. The van der Waals surface area contributed by atoms with Gasteiger partial charge in [0.15, 0.2) is 0 Å². The number of aliphatic hydroxyl groups is 4. The van der Waals surface area contributed by atoms with E-state index in [0.717, 1.165) is 13.2 Å². The van der Waals surface area contributed by atoms with Gasteiger partial charge >= 0.3 is 0 Å². The van der Waals surface area contributed by atoms with Crippen molar-refractivity contribution in [2.45, 2.75) is 103 Å². The van der Waals surface area contributed by atoms with Gasteiger partial charge in [0.2, 0.25) is 0 Å². The van der Waals surface area contributed by atoms with Crippen molar-refractivity contribution in [2.75, 3.05) is 39.6 Å². The third-order valence-corrected chi connectivity index (χ3v) is 4.33. The Bertz CT molecular complexity index is 241. The molecule has 0 saturated heterocycles. The lowest BCUT2D eigenvalue weighted by Crippen LogP contribution is -2.25. The fourth-order valence-electron chi connectivity index (χ4n) is 2.52. The summed E-state index contributed by atoms with van der Waals surface area (Å²) in [5, 5.41) is 34.1. The summed E-state index contributed by atoms with van der Waals surface area (Å²) in [4.78, 5) is 0. The number of ether oxygens (including phenoxy) is 2. The van der Waals surface area contributed by atoms with E-state index in [1.165, 1.54) is 77.0 Å². The monoisotopic (exact) mass is 408 g/mol. The molecule has 2 atom stereocenters. The van der Waals surface area contributed by atoms with Crippen LogP contribution in [0.1, 0.15) is 90.9 Å². The van der Waals surface area contributed by atoms with Gasteiger partial charge in [-0.1, -0.05) is 78.1 Å². The largest absolute Gasteiger partial charge is 0.394 e. The lowest BCUT2D eigenvalue weighted by atomic mass is 10.1. The Morgan fingerprint density at radius 2 is 0.893 bits per heavy atom. The quantitative estimate of drug-likeness (QED) is 0.230. The zero-order chi connectivity index (χ0) is 21.3. The maximum atomic E-state index is 8.72. The highest BCUT2D eigenvalue weighted by atomic mass is 16.5. The van der Waals surface area contributed by atoms with E-state index < -0.39 is 12.2 Å². The molecule has 0 aliphatic heterocycles. The average Bonchev–Trinajstić information content (AvgIpc) is 2.71. The van der Waals surface area contributed by atoms with Crippen molar-refractivity contribution in [3.63, 3.8) is 0 Å². The summed E-state index contributed by atoms with van der Waals surface area (Å²) in [5.74, 6) is 0. The lowest BCUT2D eigenvalue weighted by molar-refractivity contribution is -0.0364. The van der Waals surface area contributed by atoms with Crippen LogP contribution in [0.3, 0.4) is 0 Å². The van der Waals surface area contributed by atoms with Crippen molar-refractivity contribution in [3.05, 3.63) is 0 Å². The third kappa shape index (κ3) is 28.0. The van der Waals surface area contributed by atoms with Gasteiger partial charge in [0.1, 0.15) is 12.2 Å². The van der Waals surface area contributed by atoms with Crippen molar-refractivity contribution in [3.8, 4) is 0 Å². The molecule has 28 heavy (non-hydrogen) atoms. The molecular weight excluding hydrogens is 360 g/mol. The standard InChI is InChI=1S/C16H34O.C6H14O5/c1-3-5-7-9-11-13-15-17-16-14-12-10-8-6-4-2;7-1-5(9)3-11-4-6(10)2-8/h3-16H2,1-2H3;5-10H,1-4H2.